The number of nitrogens with one attached hydrogen (secondary N) is 2. The van der Waals surface area contributed by atoms with Gasteiger partial charge in [-0.1, -0.05) is 48.5 Å². The summed E-state index contributed by atoms with van der Waals surface area (Å²) in [4.78, 5) is 14.1. The molecule has 1 aromatic heterocycles. The zero-order chi connectivity index (χ0) is 18.5. The lowest BCUT2D eigenvalue weighted by Crippen LogP contribution is -2.34. The molecule has 2 aromatic carbocycles. The normalized spacial score (nSPS) is 16.4. The predicted octanol–water partition coefficient (Wildman–Crippen LogP) is 3.29. The Balaban J connectivity index is 1.31. The van der Waals surface area contributed by atoms with E-state index in [2.05, 4.69) is 20.7 Å². The van der Waals surface area contributed by atoms with Gasteiger partial charge in [-0.25, -0.2) is 4.79 Å². The summed E-state index contributed by atoms with van der Waals surface area (Å²) in [6.45, 7) is 1.60. The number of anilines is 1. The van der Waals surface area contributed by atoms with Crippen molar-refractivity contribution in [2.24, 2.45) is 0 Å². The molecule has 1 aliphatic rings. The third-order valence-corrected chi connectivity index (χ3v) is 4.58. The minimum Gasteiger partial charge on any atom is -0.370 e. The van der Waals surface area contributed by atoms with Crippen molar-refractivity contribution in [1.29, 1.82) is 0 Å². The van der Waals surface area contributed by atoms with Crippen LogP contribution in [0.3, 0.4) is 0 Å². The van der Waals surface area contributed by atoms with Gasteiger partial charge in [0.2, 0.25) is 0 Å². The number of hydrogen-bond donors (Lipinski definition) is 2. The fraction of sp³-hybridized carbons (Fsp3) is 0.250. The van der Waals surface area contributed by atoms with Crippen LogP contribution in [0.1, 0.15) is 12.1 Å². The van der Waals surface area contributed by atoms with Gasteiger partial charge < -0.3 is 15.0 Å². The SMILES string of the molecule is O=C(Nc1ccccc1)N1CC[C@H](OCc2n[nH]nc2-c2ccccc2)C1. The minimum atomic E-state index is -0.0984. The molecule has 0 radical (unpaired) electrons. The van der Waals surface area contributed by atoms with Crippen LogP contribution in [0.25, 0.3) is 11.3 Å². The van der Waals surface area contributed by atoms with Gasteiger partial charge in [0.1, 0.15) is 11.4 Å². The summed E-state index contributed by atoms with van der Waals surface area (Å²) in [6.07, 6.45) is 0.799. The first kappa shape index (κ1) is 17.2. The van der Waals surface area contributed by atoms with Gasteiger partial charge in [-0.2, -0.15) is 15.4 Å². The number of carbonyl (C=O) groups is 1. The van der Waals surface area contributed by atoms with Crippen LogP contribution in [0, 0.1) is 0 Å². The smallest absolute Gasteiger partial charge is 0.321 e. The minimum absolute atomic E-state index is 0.00755. The number of H-pyrrole nitrogens is 1. The van der Waals surface area contributed by atoms with Gasteiger partial charge >= 0.3 is 6.03 Å². The van der Waals surface area contributed by atoms with Gasteiger partial charge in [-0.3, -0.25) is 0 Å². The molecule has 1 atom stereocenters. The molecule has 4 rings (SSSR count). The molecule has 1 saturated heterocycles. The average molecular weight is 363 g/mol. The third kappa shape index (κ3) is 4.15. The van der Waals surface area contributed by atoms with E-state index in [1.807, 2.05) is 60.7 Å². The quantitative estimate of drug-likeness (QED) is 0.729. The maximum atomic E-state index is 12.4. The summed E-state index contributed by atoms with van der Waals surface area (Å²) >= 11 is 0. The lowest BCUT2D eigenvalue weighted by molar-refractivity contribution is 0.0474. The number of likely N-dealkylation sites (tertiary alicyclic amines) is 1. The molecular weight excluding hydrogens is 342 g/mol. The van der Waals surface area contributed by atoms with E-state index in [-0.39, 0.29) is 12.1 Å². The van der Waals surface area contributed by atoms with Crippen LogP contribution in [0.2, 0.25) is 0 Å². The second-order valence-electron chi connectivity index (χ2n) is 6.45. The van der Waals surface area contributed by atoms with Crippen LogP contribution in [0.5, 0.6) is 0 Å². The first-order valence-corrected chi connectivity index (χ1v) is 8.97. The predicted molar refractivity (Wildman–Crippen MR) is 102 cm³/mol. The summed E-state index contributed by atoms with van der Waals surface area (Å²) in [6, 6.07) is 19.2. The number of aromatic amines is 1. The van der Waals surface area contributed by atoms with Crippen LogP contribution in [0.4, 0.5) is 10.5 Å². The highest BCUT2D eigenvalue weighted by Gasteiger charge is 2.27. The lowest BCUT2D eigenvalue weighted by Gasteiger charge is -2.17. The molecule has 0 saturated carbocycles. The molecule has 138 valence electrons. The number of para-hydroxylation sites is 1. The molecular formula is C20H21N5O2. The number of rotatable bonds is 5. The van der Waals surface area contributed by atoms with Gasteiger partial charge in [0.05, 0.1) is 12.7 Å². The highest BCUT2D eigenvalue weighted by atomic mass is 16.5. The number of benzene rings is 2. The Hall–Kier alpha value is -3.19. The van der Waals surface area contributed by atoms with Gasteiger partial charge in [0.15, 0.2) is 0 Å². The van der Waals surface area contributed by atoms with Gasteiger partial charge in [0.25, 0.3) is 0 Å². The molecule has 2 heterocycles. The van der Waals surface area contributed by atoms with Crippen LogP contribution >= 0.6 is 0 Å². The number of amides is 2. The molecule has 7 heteroatoms. The summed E-state index contributed by atoms with van der Waals surface area (Å²) < 4.78 is 6.00. The number of hydrogen-bond acceptors (Lipinski definition) is 4. The maximum absolute atomic E-state index is 12.4. The first-order valence-electron chi connectivity index (χ1n) is 8.97. The van der Waals surface area contributed by atoms with E-state index in [1.165, 1.54) is 0 Å². The van der Waals surface area contributed by atoms with Crippen molar-refractivity contribution >= 4 is 11.7 Å². The second kappa shape index (κ2) is 8.01. The Labute approximate surface area is 157 Å². The molecule has 27 heavy (non-hydrogen) atoms. The van der Waals surface area contributed by atoms with E-state index >= 15 is 0 Å². The highest BCUT2D eigenvalue weighted by Crippen LogP contribution is 2.21. The number of nitrogens with zero attached hydrogens (tertiary/aromatic N) is 3. The number of aromatic nitrogens is 3. The van der Waals surface area contributed by atoms with Gasteiger partial charge in [-0.15, -0.1) is 0 Å². The molecule has 0 bridgehead atoms. The molecule has 1 aliphatic heterocycles. The van der Waals surface area contributed by atoms with Crippen LogP contribution in [0.15, 0.2) is 60.7 Å². The largest absolute Gasteiger partial charge is 0.370 e. The van der Waals surface area contributed by atoms with E-state index in [9.17, 15) is 4.79 Å². The fourth-order valence-electron chi connectivity index (χ4n) is 3.15. The molecule has 7 nitrogen and oxygen atoms in total. The van der Waals surface area contributed by atoms with Crippen molar-refractivity contribution in [3.63, 3.8) is 0 Å². The Morgan fingerprint density at radius 1 is 1.11 bits per heavy atom. The lowest BCUT2D eigenvalue weighted by atomic mass is 10.1. The topological polar surface area (TPSA) is 83.1 Å². The van der Waals surface area contributed by atoms with E-state index in [0.29, 0.717) is 19.7 Å². The first-order chi connectivity index (χ1) is 13.3. The molecule has 2 amide bonds. The molecule has 0 unspecified atom stereocenters. The standard InChI is InChI=1S/C20H21N5O2/c26-20(21-16-9-5-2-6-10-16)25-12-11-17(13-25)27-14-18-19(23-24-22-18)15-7-3-1-4-8-15/h1-10,17H,11-14H2,(H,21,26)(H,22,23,24)/t17-/m0/s1. The van der Waals surface area contributed by atoms with Gasteiger partial charge in [0, 0.05) is 24.3 Å². The summed E-state index contributed by atoms with van der Waals surface area (Å²) in [5.74, 6) is 0. The monoisotopic (exact) mass is 363 g/mol. The van der Waals surface area contributed by atoms with Gasteiger partial charge in [-0.05, 0) is 18.6 Å². The van der Waals surface area contributed by atoms with Crippen molar-refractivity contribution in [3.8, 4) is 11.3 Å². The zero-order valence-electron chi connectivity index (χ0n) is 14.8. The molecule has 0 aliphatic carbocycles. The van der Waals surface area contributed by atoms with Crippen molar-refractivity contribution < 1.29 is 9.53 Å². The summed E-state index contributed by atoms with van der Waals surface area (Å²) in [5.41, 5.74) is 3.36. The maximum Gasteiger partial charge on any atom is 0.321 e. The second-order valence-corrected chi connectivity index (χ2v) is 6.45. The summed E-state index contributed by atoms with van der Waals surface area (Å²) in [5, 5.41) is 14.0. The van der Waals surface area contributed by atoms with E-state index in [1.54, 1.807) is 4.90 Å². The van der Waals surface area contributed by atoms with Crippen LogP contribution in [-0.2, 0) is 11.3 Å². The average Bonchev–Trinajstić information content (AvgIpc) is 3.37. The molecule has 2 N–H and O–H groups in total. The Bertz CT molecular complexity index is 882. The molecule has 3 aromatic rings. The Morgan fingerprint density at radius 2 is 1.85 bits per heavy atom. The van der Waals surface area contributed by atoms with Crippen LogP contribution in [-0.4, -0.2) is 45.5 Å². The highest BCUT2D eigenvalue weighted by molar-refractivity contribution is 5.89. The van der Waals surface area contributed by atoms with Crippen molar-refractivity contribution in [1.82, 2.24) is 20.3 Å². The molecule has 1 fully saturated rings. The Morgan fingerprint density at radius 3 is 2.63 bits per heavy atom. The molecule has 0 spiro atoms. The number of carbonyl (C=O) groups excluding carboxylic acids is 1. The zero-order valence-corrected chi connectivity index (χ0v) is 14.8. The van der Waals surface area contributed by atoms with Crippen molar-refractivity contribution in [2.75, 3.05) is 18.4 Å². The fourth-order valence-corrected chi connectivity index (χ4v) is 3.15. The third-order valence-electron chi connectivity index (χ3n) is 4.58. The van der Waals surface area contributed by atoms with Crippen LogP contribution < -0.4 is 5.32 Å². The number of urea groups is 1. The van der Waals surface area contributed by atoms with E-state index < -0.39 is 0 Å². The van der Waals surface area contributed by atoms with Crippen molar-refractivity contribution in [2.45, 2.75) is 19.1 Å². The van der Waals surface area contributed by atoms with E-state index in [0.717, 1.165) is 29.1 Å². The van der Waals surface area contributed by atoms with Crippen molar-refractivity contribution in [3.05, 3.63) is 66.4 Å². The summed E-state index contributed by atoms with van der Waals surface area (Å²) in [7, 11) is 0. The number of ether oxygens (including phenoxy) is 1. The Kier molecular flexibility index (Phi) is 5.11. The van der Waals surface area contributed by atoms with E-state index in [4.69, 9.17) is 4.74 Å².